The molecule has 0 saturated heterocycles. The van der Waals surface area contributed by atoms with E-state index in [-0.39, 0.29) is 4.90 Å². The summed E-state index contributed by atoms with van der Waals surface area (Å²) in [6.45, 7) is 1.95. The van der Waals surface area contributed by atoms with Crippen molar-refractivity contribution >= 4 is 15.7 Å². The highest BCUT2D eigenvalue weighted by Gasteiger charge is 2.10. The fourth-order valence-corrected chi connectivity index (χ4v) is 2.36. The molecule has 0 unspecified atom stereocenters. The summed E-state index contributed by atoms with van der Waals surface area (Å²) in [5.74, 6) is 2.09. The summed E-state index contributed by atoms with van der Waals surface area (Å²) in [5, 5.41) is 2.94. The van der Waals surface area contributed by atoms with Crippen molar-refractivity contribution in [3.63, 3.8) is 0 Å². The zero-order chi connectivity index (χ0) is 15.5. The lowest BCUT2D eigenvalue weighted by Gasteiger charge is -2.09. The number of hydrogen-bond acceptors (Lipinski definition) is 6. The number of ether oxygens (including phenoxy) is 1. The third kappa shape index (κ3) is 3.91. The van der Waals surface area contributed by atoms with Crippen molar-refractivity contribution in [2.24, 2.45) is 0 Å². The lowest BCUT2D eigenvalue weighted by atomic mass is 10.3. The molecule has 0 aliphatic heterocycles. The fraction of sp³-hybridized carbons (Fsp3) is 0.286. The van der Waals surface area contributed by atoms with E-state index >= 15 is 0 Å². The molecule has 1 aromatic heterocycles. The normalized spacial score (nSPS) is 11.2. The van der Waals surface area contributed by atoms with Gasteiger partial charge in [0.25, 0.3) is 0 Å². The topological polar surface area (TPSA) is 81.2 Å². The van der Waals surface area contributed by atoms with Crippen LogP contribution in [-0.4, -0.2) is 31.7 Å². The van der Waals surface area contributed by atoms with Gasteiger partial charge < -0.3 is 10.1 Å². The zero-order valence-corrected chi connectivity index (χ0v) is 12.9. The Morgan fingerprint density at radius 1 is 1.24 bits per heavy atom. The van der Waals surface area contributed by atoms with Crippen LogP contribution in [0.1, 0.15) is 12.7 Å². The predicted molar refractivity (Wildman–Crippen MR) is 80.6 cm³/mol. The lowest BCUT2D eigenvalue weighted by Crippen LogP contribution is -2.01. The molecule has 2 rings (SSSR count). The largest absolute Gasteiger partial charge is 0.439 e. The Hall–Kier alpha value is -2.15. The van der Waals surface area contributed by atoms with E-state index in [1.165, 1.54) is 12.1 Å². The molecule has 6 nitrogen and oxygen atoms in total. The minimum Gasteiger partial charge on any atom is -0.439 e. The van der Waals surface area contributed by atoms with Gasteiger partial charge in [0.2, 0.25) is 5.88 Å². The second kappa shape index (κ2) is 6.09. The summed E-state index contributed by atoms with van der Waals surface area (Å²) < 4.78 is 28.7. The molecule has 1 aromatic carbocycles. The Balaban J connectivity index is 2.34. The molecular weight excluding hydrogens is 290 g/mol. The average Bonchev–Trinajstić information content (AvgIpc) is 2.46. The maximum absolute atomic E-state index is 11.5. The monoisotopic (exact) mass is 307 g/mol. The third-order valence-corrected chi connectivity index (χ3v) is 3.89. The molecule has 0 aliphatic carbocycles. The maximum Gasteiger partial charge on any atom is 0.224 e. The van der Waals surface area contributed by atoms with Crippen LogP contribution in [0.15, 0.2) is 35.2 Å². The van der Waals surface area contributed by atoms with Crippen LogP contribution >= 0.6 is 0 Å². The summed E-state index contributed by atoms with van der Waals surface area (Å²) in [4.78, 5) is 8.74. The summed E-state index contributed by atoms with van der Waals surface area (Å²) >= 11 is 0. The van der Waals surface area contributed by atoms with E-state index in [0.29, 0.717) is 29.7 Å². The SMILES string of the molecule is CCc1nc(NC)cc(Oc2cccc(S(C)(=O)=O)c2)n1. The Kier molecular flexibility index (Phi) is 4.42. The van der Waals surface area contributed by atoms with Crippen molar-refractivity contribution in [2.75, 3.05) is 18.6 Å². The Morgan fingerprint density at radius 2 is 2.00 bits per heavy atom. The van der Waals surface area contributed by atoms with Gasteiger partial charge in [-0.2, -0.15) is 4.98 Å². The van der Waals surface area contributed by atoms with Crippen LogP contribution in [0.2, 0.25) is 0 Å². The molecule has 21 heavy (non-hydrogen) atoms. The van der Waals surface area contributed by atoms with Crippen molar-refractivity contribution < 1.29 is 13.2 Å². The van der Waals surface area contributed by atoms with E-state index in [9.17, 15) is 8.42 Å². The number of nitrogens with zero attached hydrogens (tertiary/aromatic N) is 2. The van der Waals surface area contributed by atoms with Gasteiger partial charge in [0.05, 0.1) is 4.90 Å². The van der Waals surface area contributed by atoms with Crippen LogP contribution in [0.4, 0.5) is 5.82 Å². The van der Waals surface area contributed by atoms with E-state index in [0.717, 1.165) is 6.26 Å². The van der Waals surface area contributed by atoms with Crippen LogP contribution in [0.5, 0.6) is 11.6 Å². The number of hydrogen-bond donors (Lipinski definition) is 1. The molecule has 2 aromatic rings. The first kappa shape index (κ1) is 15.2. The molecule has 0 spiro atoms. The first-order valence-electron chi connectivity index (χ1n) is 6.46. The molecule has 0 atom stereocenters. The highest BCUT2D eigenvalue weighted by Crippen LogP contribution is 2.24. The first-order chi connectivity index (χ1) is 9.92. The van der Waals surface area contributed by atoms with Crippen LogP contribution in [0, 0.1) is 0 Å². The third-order valence-electron chi connectivity index (χ3n) is 2.78. The molecule has 112 valence electrons. The molecule has 0 bridgehead atoms. The van der Waals surface area contributed by atoms with Gasteiger partial charge in [-0.05, 0) is 18.2 Å². The van der Waals surface area contributed by atoms with Crippen molar-refractivity contribution in [3.05, 3.63) is 36.2 Å². The van der Waals surface area contributed by atoms with Crippen molar-refractivity contribution in [2.45, 2.75) is 18.2 Å². The van der Waals surface area contributed by atoms with Gasteiger partial charge in [0, 0.05) is 25.8 Å². The van der Waals surface area contributed by atoms with Gasteiger partial charge in [0.15, 0.2) is 9.84 Å². The summed E-state index contributed by atoms with van der Waals surface area (Å²) in [5.41, 5.74) is 0. The Labute approximate surface area is 124 Å². The van der Waals surface area contributed by atoms with Crippen molar-refractivity contribution in [1.82, 2.24) is 9.97 Å². The van der Waals surface area contributed by atoms with Crippen LogP contribution < -0.4 is 10.1 Å². The molecule has 0 radical (unpaired) electrons. The number of rotatable bonds is 5. The molecule has 7 heteroatoms. The number of aryl methyl sites for hydroxylation is 1. The Bertz CT molecular complexity index is 723. The number of sulfone groups is 1. The molecule has 1 heterocycles. The standard InChI is InChI=1S/C14H17N3O3S/c1-4-12-16-13(15-2)9-14(17-12)20-10-6-5-7-11(8-10)21(3,18)19/h5-9H,4H2,1-3H3,(H,15,16,17). The van der Waals surface area contributed by atoms with E-state index < -0.39 is 9.84 Å². The maximum atomic E-state index is 11.5. The minimum absolute atomic E-state index is 0.207. The van der Waals surface area contributed by atoms with Crippen LogP contribution in [0.3, 0.4) is 0 Å². The fourth-order valence-electron chi connectivity index (χ4n) is 1.70. The summed E-state index contributed by atoms with van der Waals surface area (Å²) in [6, 6.07) is 7.97. The zero-order valence-electron chi connectivity index (χ0n) is 12.1. The van der Waals surface area contributed by atoms with E-state index in [1.54, 1.807) is 25.2 Å². The smallest absolute Gasteiger partial charge is 0.224 e. The van der Waals surface area contributed by atoms with Gasteiger partial charge in [0.1, 0.15) is 17.4 Å². The molecule has 0 fully saturated rings. The van der Waals surface area contributed by atoms with E-state index in [4.69, 9.17) is 4.74 Å². The molecule has 0 amide bonds. The van der Waals surface area contributed by atoms with Crippen LogP contribution in [0.25, 0.3) is 0 Å². The minimum atomic E-state index is -3.27. The summed E-state index contributed by atoms with van der Waals surface area (Å²) in [7, 11) is -1.51. The second-order valence-corrected chi connectivity index (χ2v) is 6.48. The van der Waals surface area contributed by atoms with Gasteiger partial charge in [-0.15, -0.1) is 0 Å². The highest BCUT2D eigenvalue weighted by molar-refractivity contribution is 7.90. The summed E-state index contributed by atoms with van der Waals surface area (Å²) in [6.07, 6.45) is 1.83. The van der Waals surface area contributed by atoms with E-state index in [1.807, 2.05) is 6.92 Å². The number of anilines is 1. The number of benzene rings is 1. The first-order valence-corrected chi connectivity index (χ1v) is 8.35. The van der Waals surface area contributed by atoms with Gasteiger partial charge >= 0.3 is 0 Å². The van der Waals surface area contributed by atoms with Gasteiger partial charge in [-0.25, -0.2) is 13.4 Å². The average molecular weight is 307 g/mol. The molecule has 0 saturated carbocycles. The quantitative estimate of drug-likeness (QED) is 0.912. The second-order valence-electron chi connectivity index (χ2n) is 4.46. The van der Waals surface area contributed by atoms with E-state index in [2.05, 4.69) is 15.3 Å². The molecule has 0 aliphatic rings. The van der Waals surface area contributed by atoms with Gasteiger partial charge in [-0.1, -0.05) is 13.0 Å². The Morgan fingerprint density at radius 3 is 2.62 bits per heavy atom. The molecule has 1 N–H and O–H groups in total. The number of aromatic nitrogens is 2. The number of nitrogens with one attached hydrogen (secondary N) is 1. The highest BCUT2D eigenvalue weighted by atomic mass is 32.2. The van der Waals surface area contributed by atoms with Crippen molar-refractivity contribution in [1.29, 1.82) is 0 Å². The lowest BCUT2D eigenvalue weighted by molar-refractivity contribution is 0.457. The van der Waals surface area contributed by atoms with Crippen LogP contribution in [-0.2, 0) is 16.3 Å². The predicted octanol–water partition coefficient (Wildman–Crippen LogP) is 2.28. The van der Waals surface area contributed by atoms with Gasteiger partial charge in [-0.3, -0.25) is 0 Å². The molecular formula is C14H17N3O3S. The van der Waals surface area contributed by atoms with Crippen molar-refractivity contribution in [3.8, 4) is 11.6 Å².